The summed E-state index contributed by atoms with van der Waals surface area (Å²) in [7, 11) is 0. The van der Waals surface area contributed by atoms with Crippen molar-refractivity contribution in [3.63, 3.8) is 0 Å². The minimum atomic E-state index is -0.281. The van der Waals surface area contributed by atoms with Crippen LogP contribution in [0.25, 0.3) is 71.6 Å². The molecule has 0 N–H and O–H groups in total. The van der Waals surface area contributed by atoms with E-state index in [-0.39, 0.29) is 16.2 Å². The van der Waals surface area contributed by atoms with E-state index in [9.17, 15) is 0 Å². The summed E-state index contributed by atoms with van der Waals surface area (Å²) in [5.41, 5.74) is 19.8. The molecule has 0 bridgehead atoms. The standard InChI is InChI=1S/C63H56N2/c1-61(2,3)45-25-29-47(30-26-45)64(48-31-27-46(28-32-48)62(4,5)6)49-33-34-52-55(39-49)63(7,8)56-40-59(50-21-15-16-22-51(50)60(52)56)65-57-35-23-43(41-17-11-9-12-18-41)37-53(57)54-38-44(24-36-58(54)65)42-19-13-10-14-20-42/h9-40H,1-8H3. The third-order valence-electron chi connectivity index (χ3n) is 14.1. The van der Waals surface area contributed by atoms with E-state index in [2.05, 4.69) is 259 Å². The van der Waals surface area contributed by atoms with Crippen LogP contribution in [-0.4, -0.2) is 4.57 Å². The molecule has 0 saturated carbocycles. The van der Waals surface area contributed by atoms with Gasteiger partial charge in [-0.3, -0.25) is 0 Å². The van der Waals surface area contributed by atoms with Crippen LogP contribution in [-0.2, 0) is 16.2 Å². The Labute approximate surface area is 384 Å². The Morgan fingerprint density at radius 3 is 1.34 bits per heavy atom. The van der Waals surface area contributed by atoms with Gasteiger partial charge in [-0.05, 0) is 139 Å². The number of aromatic nitrogens is 1. The first-order valence-electron chi connectivity index (χ1n) is 23.2. The third-order valence-corrected chi connectivity index (χ3v) is 14.1. The molecule has 9 aromatic carbocycles. The summed E-state index contributed by atoms with van der Waals surface area (Å²) in [5.74, 6) is 0. The summed E-state index contributed by atoms with van der Waals surface area (Å²) >= 11 is 0. The van der Waals surface area contributed by atoms with E-state index in [1.54, 1.807) is 0 Å². The van der Waals surface area contributed by atoms with Crippen LogP contribution in [0.2, 0.25) is 0 Å². The molecule has 318 valence electrons. The van der Waals surface area contributed by atoms with Crippen LogP contribution in [0.4, 0.5) is 17.1 Å². The molecule has 2 nitrogen and oxygen atoms in total. The van der Waals surface area contributed by atoms with E-state index in [0.717, 1.165) is 17.1 Å². The monoisotopic (exact) mass is 840 g/mol. The van der Waals surface area contributed by atoms with Crippen LogP contribution in [0.15, 0.2) is 194 Å². The molecule has 0 saturated heterocycles. The molecule has 65 heavy (non-hydrogen) atoms. The maximum Gasteiger partial charge on any atom is 0.0544 e. The first-order valence-corrected chi connectivity index (χ1v) is 23.2. The van der Waals surface area contributed by atoms with E-state index >= 15 is 0 Å². The lowest BCUT2D eigenvalue weighted by Gasteiger charge is -2.29. The summed E-state index contributed by atoms with van der Waals surface area (Å²) < 4.78 is 2.53. The van der Waals surface area contributed by atoms with Crippen molar-refractivity contribution in [1.29, 1.82) is 0 Å². The molecule has 1 aromatic heterocycles. The minimum absolute atomic E-state index is 0.0676. The molecule has 1 aliphatic rings. The van der Waals surface area contributed by atoms with Gasteiger partial charge in [-0.15, -0.1) is 0 Å². The van der Waals surface area contributed by atoms with Gasteiger partial charge in [0.05, 0.1) is 16.7 Å². The van der Waals surface area contributed by atoms with Gasteiger partial charge < -0.3 is 9.47 Å². The molecular weight excluding hydrogens is 785 g/mol. The first kappa shape index (κ1) is 40.6. The summed E-state index contributed by atoms with van der Waals surface area (Å²) in [6.45, 7) is 18.5. The quantitative estimate of drug-likeness (QED) is 0.162. The van der Waals surface area contributed by atoms with Crippen molar-refractivity contribution >= 4 is 49.6 Å². The van der Waals surface area contributed by atoms with Crippen LogP contribution in [0.5, 0.6) is 0 Å². The lowest BCUT2D eigenvalue weighted by atomic mass is 9.81. The van der Waals surface area contributed by atoms with Crippen LogP contribution in [0, 0.1) is 0 Å². The van der Waals surface area contributed by atoms with E-state index in [4.69, 9.17) is 0 Å². The van der Waals surface area contributed by atoms with Crippen LogP contribution in [0.1, 0.15) is 77.6 Å². The molecule has 0 spiro atoms. The summed E-state index contributed by atoms with van der Waals surface area (Å²) in [5, 5.41) is 5.03. The smallest absolute Gasteiger partial charge is 0.0544 e. The van der Waals surface area contributed by atoms with Gasteiger partial charge in [0.25, 0.3) is 0 Å². The van der Waals surface area contributed by atoms with E-state index in [1.807, 2.05) is 0 Å². The summed E-state index contributed by atoms with van der Waals surface area (Å²) in [6.07, 6.45) is 0. The Hall–Kier alpha value is -7.16. The van der Waals surface area contributed by atoms with Crippen LogP contribution < -0.4 is 4.90 Å². The highest BCUT2D eigenvalue weighted by molar-refractivity contribution is 6.14. The highest BCUT2D eigenvalue weighted by Crippen LogP contribution is 2.55. The van der Waals surface area contributed by atoms with Gasteiger partial charge in [-0.2, -0.15) is 0 Å². The number of hydrogen-bond donors (Lipinski definition) is 0. The topological polar surface area (TPSA) is 8.17 Å². The molecule has 1 aliphatic carbocycles. The number of fused-ring (bicyclic) bond motifs is 8. The van der Waals surface area contributed by atoms with Crippen LogP contribution in [0.3, 0.4) is 0 Å². The molecule has 0 fully saturated rings. The Kier molecular flexibility index (Phi) is 9.35. The highest BCUT2D eigenvalue weighted by atomic mass is 15.1. The third kappa shape index (κ3) is 6.78. The molecule has 0 amide bonds. The van der Waals surface area contributed by atoms with Crippen molar-refractivity contribution in [3.05, 3.63) is 216 Å². The van der Waals surface area contributed by atoms with Gasteiger partial charge in [0.1, 0.15) is 0 Å². The summed E-state index contributed by atoms with van der Waals surface area (Å²) in [4.78, 5) is 2.44. The average molecular weight is 841 g/mol. The average Bonchev–Trinajstić information content (AvgIpc) is 3.76. The molecule has 0 unspecified atom stereocenters. The SMILES string of the molecule is CC(C)(C)c1ccc(N(c2ccc(C(C)(C)C)cc2)c2ccc3c(c2)C(C)(C)c2cc(-n4c5ccc(-c6ccccc6)cc5c5cc(-c6ccccc6)ccc54)c4ccccc4c2-3)cc1. The Morgan fingerprint density at radius 1 is 0.385 bits per heavy atom. The highest BCUT2D eigenvalue weighted by Gasteiger charge is 2.38. The Bertz CT molecular complexity index is 3270. The lowest BCUT2D eigenvalue weighted by Crippen LogP contribution is -2.17. The first-order chi connectivity index (χ1) is 31.3. The van der Waals surface area contributed by atoms with Crippen molar-refractivity contribution in [2.24, 2.45) is 0 Å². The second kappa shape index (κ2) is 15.0. The normalized spacial score (nSPS) is 13.4. The zero-order valence-electron chi connectivity index (χ0n) is 38.9. The molecule has 0 aliphatic heterocycles. The molecule has 11 rings (SSSR count). The van der Waals surface area contributed by atoms with Crippen molar-refractivity contribution in [2.75, 3.05) is 4.90 Å². The second-order valence-corrected chi connectivity index (χ2v) is 20.7. The predicted molar refractivity (Wildman–Crippen MR) is 279 cm³/mol. The molecule has 2 heteroatoms. The predicted octanol–water partition coefficient (Wildman–Crippen LogP) is 17.6. The Morgan fingerprint density at radius 2 is 0.846 bits per heavy atom. The van der Waals surface area contributed by atoms with E-state index in [1.165, 1.54) is 93.9 Å². The van der Waals surface area contributed by atoms with Gasteiger partial charge in [0, 0.05) is 38.6 Å². The van der Waals surface area contributed by atoms with Gasteiger partial charge in [-0.1, -0.05) is 183 Å². The van der Waals surface area contributed by atoms with Crippen molar-refractivity contribution in [1.82, 2.24) is 4.57 Å². The molecule has 0 atom stereocenters. The van der Waals surface area contributed by atoms with Gasteiger partial charge in [0.15, 0.2) is 0 Å². The lowest BCUT2D eigenvalue weighted by molar-refractivity contribution is 0.590. The van der Waals surface area contributed by atoms with Crippen molar-refractivity contribution in [2.45, 2.75) is 71.6 Å². The fourth-order valence-electron chi connectivity index (χ4n) is 10.4. The minimum Gasteiger partial charge on any atom is -0.310 e. The van der Waals surface area contributed by atoms with Crippen molar-refractivity contribution in [3.8, 4) is 39.1 Å². The molecular formula is C63H56N2. The van der Waals surface area contributed by atoms with Crippen molar-refractivity contribution < 1.29 is 0 Å². The van der Waals surface area contributed by atoms with Gasteiger partial charge in [-0.25, -0.2) is 0 Å². The number of nitrogens with zero attached hydrogens (tertiary/aromatic N) is 2. The largest absolute Gasteiger partial charge is 0.310 e. The molecule has 0 radical (unpaired) electrons. The number of rotatable bonds is 6. The second-order valence-electron chi connectivity index (χ2n) is 20.7. The fourth-order valence-corrected chi connectivity index (χ4v) is 10.4. The number of anilines is 3. The number of hydrogen-bond acceptors (Lipinski definition) is 1. The molecule has 10 aromatic rings. The van der Waals surface area contributed by atoms with Gasteiger partial charge >= 0.3 is 0 Å². The zero-order valence-corrected chi connectivity index (χ0v) is 38.9. The Balaban J connectivity index is 1.10. The summed E-state index contributed by atoms with van der Waals surface area (Å²) in [6, 6.07) is 72.7. The van der Waals surface area contributed by atoms with Crippen LogP contribution >= 0.6 is 0 Å². The molecule has 1 heterocycles. The fraction of sp³-hybridized carbons (Fsp3) is 0.175. The van der Waals surface area contributed by atoms with E-state index < -0.39 is 0 Å². The zero-order chi connectivity index (χ0) is 44.8. The van der Waals surface area contributed by atoms with E-state index in [0.29, 0.717) is 0 Å². The maximum atomic E-state index is 2.53. The maximum absolute atomic E-state index is 2.53. The van der Waals surface area contributed by atoms with Gasteiger partial charge in [0.2, 0.25) is 0 Å². The number of benzene rings is 9.